The van der Waals surface area contributed by atoms with E-state index in [0.29, 0.717) is 5.92 Å². The van der Waals surface area contributed by atoms with Crippen LogP contribution in [0.5, 0.6) is 5.75 Å². The molecule has 1 atom stereocenters. The summed E-state index contributed by atoms with van der Waals surface area (Å²) in [7, 11) is 0. The number of ether oxygens (including phenoxy) is 1. The summed E-state index contributed by atoms with van der Waals surface area (Å²) in [4.78, 5) is 4.82. The summed E-state index contributed by atoms with van der Waals surface area (Å²) in [5.74, 6) is 2.31. The lowest BCUT2D eigenvalue weighted by Gasteiger charge is -2.25. The average Bonchev–Trinajstić information content (AvgIpc) is 3.00. The molecule has 0 radical (unpaired) electrons. The molecule has 1 unspecified atom stereocenters. The standard InChI is InChI=1S/C21H31N5O.HI/c1-4-22-21(23-11-7-12-26-17(3)14-16(2)25-26)24-15-18-10-13-27-20-9-6-5-8-19(18)20;/h5-6,8-9,14,18H,4,7,10-13,15H2,1-3H3,(H2,22,23,24);1H. The van der Waals surface area contributed by atoms with Gasteiger partial charge in [0.05, 0.1) is 12.3 Å². The van der Waals surface area contributed by atoms with Gasteiger partial charge < -0.3 is 15.4 Å². The lowest BCUT2D eigenvalue weighted by Crippen LogP contribution is -2.38. The first-order valence-electron chi connectivity index (χ1n) is 9.92. The van der Waals surface area contributed by atoms with Gasteiger partial charge in [0.2, 0.25) is 0 Å². The maximum atomic E-state index is 5.75. The molecule has 2 heterocycles. The minimum absolute atomic E-state index is 0. The first kappa shape index (κ1) is 22.5. The van der Waals surface area contributed by atoms with Crippen LogP contribution in [0.25, 0.3) is 0 Å². The summed E-state index contributed by atoms with van der Waals surface area (Å²) >= 11 is 0. The molecule has 1 aromatic carbocycles. The van der Waals surface area contributed by atoms with Gasteiger partial charge in [-0.25, -0.2) is 0 Å². The van der Waals surface area contributed by atoms with Crippen molar-refractivity contribution in [3.05, 3.63) is 47.3 Å². The number of fused-ring (bicyclic) bond motifs is 1. The summed E-state index contributed by atoms with van der Waals surface area (Å²) in [5.41, 5.74) is 3.56. The minimum Gasteiger partial charge on any atom is -0.493 e. The molecule has 0 saturated carbocycles. The smallest absolute Gasteiger partial charge is 0.191 e. The molecule has 0 bridgehead atoms. The number of hydrogen-bond donors (Lipinski definition) is 2. The van der Waals surface area contributed by atoms with Crippen LogP contribution in [0.1, 0.15) is 42.6 Å². The zero-order valence-corrected chi connectivity index (χ0v) is 19.4. The molecular formula is C21H32IN5O. The number of para-hydroxylation sites is 1. The average molecular weight is 497 g/mol. The Kier molecular flexibility index (Phi) is 9.08. The van der Waals surface area contributed by atoms with Crippen LogP contribution in [0.3, 0.4) is 0 Å². The van der Waals surface area contributed by atoms with Gasteiger partial charge in [-0.15, -0.1) is 24.0 Å². The fraction of sp³-hybridized carbons (Fsp3) is 0.524. The van der Waals surface area contributed by atoms with E-state index in [1.54, 1.807) is 0 Å². The molecule has 1 aliphatic heterocycles. The van der Waals surface area contributed by atoms with Gasteiger partial charge in [0.15, 0.2) is 5.96 Å². The number of nitrogens with zero attached hydrogens (tertiary/aromatic N) is 3. The predicted octanol–water partition coefficient (Wildman–Crippen LogP) is 3.63. The van der Waals surface area contributed by atoms with Crippen LogP contribution in [-0.4, -0.2) is 42.0 Å². The highest BCUT2D eigenvalue weighted by Gasteiger charge is 2.20. The van der Waals surface area contributed by atoms with Crippen LogP contribution in [-0.2, 0) is 6.54 Å². The van der Waals surface area contributed by atoms with Gasteiger partial charge >= 0.3 is 0 Å². The molecule has 1 aromatic heterocycles. The Hall–Kier alpha value is -1.77. The number of rotatable bonds is 7. The topological polar surface area (TPSA) is 63.5 Å². The molecule has 6 nitrogen and oxygen atoms in total. The van der Waals surface area contributed by atoms with Gasteiger partial charge in [0.1, 0.15) is 5.75 Å². The molecule has 0 saturated heterocycles. The van der Waals surface area contributed by atoms with E-state index in [1.807, 2.05) is 19.1 Å². The number of aliphatic imine (C=N–C) groups is 1. The van der Waals surface area contributed by atoms with Crippen LogP contribution in [0.2, 0.25) is 0 Å². The molecule has 0 spiro atoms. The largest absolute Gasteiger partial charge is 0.493 e. The molecule has 0 fully saturated rings. The maximum Gasteiger partial charge on any atom is 0.191 e. The summed E-state index contributed by atoms with van der Waals surface area (Å²) in [6, 6.07) is 10.4. The third-order valence-corrected chi connectivity index (χ3v) is 4.84. The van der Waals surface area contributed by atoms with Crippen molar-refractivity contribution in [2.45, 2.75) is 46.1 Å². The molecule has 28 heavy (non-hydrogen) atoms. The van der Waals surface area contributed by atoms with Gasteiger partial charge in [0, 0.05) is 37.8 Å². The van der Waals surface area contributed by atoms with E-state index in [9.17, 15) is 0 Å². The highest BCUT2D eigenvalue weighted by molar-refractivity contribution is 14.0. The summed E-state index contributed by atoms with van der Waals surface area (Å²) in [6.07, 6.45) is 2.02. The Labute approximate surface area is 185 Å². The summed E-state index contributed by atoms with van der Waals surface area (Å²) in [6.45, 7) is 10.4. The zero-order chi connectivity index (χ0) is 19.1. The van der Waals surface area contributed by atoms with E-state index in [2.05, 4.69) is 52.5 Å². The normalized spacial score (nSPS) is 16.0. The monoisotopic (exact) mass is 497 g/mol. The number of guanidine groups is 1. The minimum atomic E-state index is 0. The van der Waals surface area contributed by atoms with Crippen LogP contribution >= 0.6 is 24.0 Å². The molecule has 2 N–H and O–H groups in total. The van der Waals surface area contributed by atoms with Gasteiger partial charge in [-0.3, -0.25) is 9.67 Å². The number of halogens is 1. The number of aryl methyl sites for hydroxylation is 3. The van der Waals surface area contributed by atoms with Crippen LogP contribution in [0.4, 0.5) is 0 Å². The SMILES string of the molecule is CCNC(=NCC1CCOc2ccccc21)NCCCn1nc(C)cc1C.I. The second kappa shape index (κ2) is 11.3. The number of nitrogens with one attached hydrogen (secondary N) is 2. The van der Waals surface area contributed by atoms with Gasteiger partial charge in [-0.05, 0) is 51.3 Å². The van der Waals surface area contributed by atoms with Crippen molar-refractivity contribution in [2.24, 2.45) is 4.99 Å². The van der Waals surface area contributed by atoms with Crippen LogP contribution < -0.4 is 15.4 Å². The number of hydrogen-bond acceptors (Lipinski definition) is 3. The summed E-state index contributed by atoms with van der Waals surface area (Å²) in [5, 5.41) is 11.3. The van der Waals surface area contributed by atoms with E-state index in [0.717, 1.165) is 63.0 Å². The second-order valence-corrected chi connectivity index (χ2v) is 7.02. The molecule has 3 rings (SSSR count). The molecule has 2 aromatic rings. The molecule has 1 aliphatic rings. The lowest BCUT2D eigenvalue weighted by atomic mass is 9.93. The first-order valence-corrected chi connectivity index (χ1v) is 9.92. The van der Waals surface area contributed by atoms with Gasteiger partial charge in [-0.1, -0.05) is 18.2 Å². The highest BCUT2D eigenvalue weighted by atomic mass is 127. The number of benzene rings is 1. The second-order valence-electron chi connectivity index (χ2n) is 7.02. The number of aromatic nitrogens is 2. The quantitative estimate of drug-likeness (QED) is 0.266. The fourth-order valence-electron chi connectivity index (χ4n) is 3.49. The maximum absolute atomic E-state index is 5.75. The van der Waals surface area contributed by atoms with Crippen molar-refractivity contribution >= 4 is 29.9 Å². The Morgan fingerprint density at radius 1 is 1.29 bits per heavy atom. The highest BCUT2D eigenvalue weighted by Crippen LogP contribution is 2.33. The third kappa shape index (κ3) is 6.12. The summed E-state index contributed by atoms with van der Waals surface area (Å²) < 4.78 is 7.82. The van der Waals surface area contributed by atoms with Gasteiger partial charge in [-0.2, -0.15) is 5.10 Å². The van der Waals surface area contributed by atoms with Crippen LogP contribution in [0, 0.1) is 13.8 Å². The van der Waals surface area contributed by atoms with Gasteiger partial charge in [0.25, 0.3) is 0 Å². The lowest BCUT2D eigenvalue weighted by molar-refractivity contribution is 0.269. The van der Waals surface area contributed by atoms with Crippen molar-refractivity contribution in [3.8, 4) is 5.75 Å². The molecule has 154 valence electrons. The van der Waals surface area contributed by atoms with E-state index in [4.69, 9.17) is 9.73 Å². The van der Waals surface area contributed by atoms with Crippen molar-refractivity contribution < 1.29 is 4.74 Å². The first-order chi connectivity index (χ1) is 13.2. The predicted molar refractivity (Wildman–Crippen MR) is 125 cm³/mol. The Morgan fingerprint density at radius 2 is 2.11 bits per heavy atom. The molecule has 0 aliphatic carbocycles. The molecule has 0 amide bonds. The molecular weight excluding hydrogens is 465 g/mol. The Bertz CT molecular complexity index is 774. The Balaban J connectivity index is 0.00000280. The van der Waals surface area contributed by atoms with Crippen molar-refractivity contribution in [1.29, 1.82) is 0 Å². The van der Waals surface area contributed by atoms with Crippen molar-refractivity contribution in [3.63, 3.8) is 0 Å². The molecule has 7 heteroatoms. The van der Waals surface area contributed by atoms with E-state index in [1.165, 1.54) is 11.3 Å². The van der Waals surface area contributed by atoms with Crippen molar-refractivity contribution in [2.75, 3.05) is 26.2 Å². The fourth-order valence-corrected chi connectivity index (χ4v) is 3.49. The van der Waals surface area contributed by atoms with Crippen LogP contribution in [0.15, 0.2) is 35.3 Å². The van der Waals surface area contributed by atoms with E-state index >= 15 is 0 Å². The van der Waals surface area contributed by atoms with Crippen molar-refractivity contribution in [1.82, 2.24) is 20.4 Å². The van der Waals surface area contributed by atoms with E-state index in [-0.39, 0.29) is 24.0 Å². The Morgan fingerprint density at radius 3 is 2.86 bits per heavy atom. The van der Waals surface area contributed by atoms with E-state index < -0.39 is 0 Å². The third-order valence-electron chi connectivity index (χ3n) is 4.84. The zero-order valence-electron chi connectivity index (χ0n) is 17.1.